The maximum Gasteiger partial charge on any atom is 0.325 e. The van der Waals surface area contributed by atoms with E-state index in [4.69, 9.17) is 0 Å². The van der Waals surface area contributed by atoms with E-state index in [1.807, 2.05) is 31.2 Å². The summed E-state index contributed by atoms with van der Waals surface area (Å²) in [5.74, 6) is -0.314. The standard InChI is InChI=1S/C19H22N4O3S/c1-2-22(18-20-13-7-3-4-8-14(13)27-18)15(24)9-12-23-16(25)19(21-17(23)26)10-5-6-11-19/h3-4,7-8H,2,5-6,9-12H2,1H3,(H,21,26). The van der Waals surface area contributed by atoms with Gasteiger partial charge in [-0.15, -0.1) is 0 Å². The molecule has 1 N–H and O–H groups in total. The van der Waals surface area contributed by atoms with Gasteiger partial charge >= 0.3 is 6.03 Å². The minimum absolute atomic E-state index is 0.0962. The lowest BCUT2D eigenvalue weighted by Gasteiger charge is -2.21. The van der Waals surface area contributed by atoms with E-state index in [9.17, 15) is 14.4 Å². The first-order valence-electron chi connectivity index (χ1n) is 9.34. The second kappa shape index (κ2) is 6.92. The molecular weight excluding hydrogens is 364 g/mol. The van der Waals surface area contributed by atoms with E-state index in [1.54, 1.807) is 4.90 Å². The lowest BCUT2D eigenvalue weighted by atomic mass is 9.98. The monoisotopic (exact) mass is 386 g/mol. The summed E-state index contributed by atoms with van der Waals surface area (Å²) in [5.41, 5.74) is 0.137. The third-order valence-corrected chi connectivity index (χ3v) is 6.44. The van der Waals surface area contributed by atoms with Crippen molar-refractivity contribution in [1.82, 2.24) is 15.2 Å². The number of nitrogens with one attached hydrogen (secondary N) is 1. The van der Waals surface area contributed by atoms with Crippen molar-refractivity contribution in [3.8, 4) is 0 Å². The zero-order valence-corrected chi connectivity index (χ0v) is 16.1. The predicted octanol–water partition coefficient (Wildman–Crippen LogP) is 2.90. The Morgan fingerprint density at radius 1 is 1.30 bits per heavy atom. The molecule has 1 aromatic carbocycles. The van der Waals surface area contributed by atoms with Gasteiger partial charge in [-0.3, -0.25) is 19.4 Å². The third kappa shape index (κ3) is 3.07. The van der Waals surface area contributed by atoms with Gasteiger partial charge in [0.25, 0.3) is 5.91 Å². The Hall–Kier alpha value is -2.48. The SMILES string of the molecule is CCN(C(=O)CCN1C(=O)NC2(CCCC2)C1=O)c1nc2ccccc2s1. The molecule has 0 unspecified atom stereocenters. The van der Waals surface area contributed by atoms with E-state index in [1.165, 1.54) is 16.2 Å². The Balaban J connectivity index is 1.45. The van der Waals surface area contributed by atoms with E-state index in [0.717, 1.165) is 23.1 Å². The van der Waals surface area contributed by atoms with Crippen molar-refractivity contribution < 1.29 is 14.4 Å². The summed E-state index contributed by atoms with van der Waals surface area (Å²) in [4.78, 5) is 45.0. The van der Waals surface area contributed by atoms with Crippen molar-refractivity contribution >= 4 is 44.5 Å². The number of hydrogen-bond acceptors (Lipinski definition) is 5. The van der Waals surface area contributed by atoms with Crippen LogP contribution in [0.4, 0.5) is 9.93 Å². The van der Waals surface area contributed by atoms with E-state index in [2.05, 4.69) is 10.3 Å². The molecule has 2 fully saturated rings. The molecule has 0 radical (unpaired) electrons. The number of carbonyl (C=O) groups excluding carboxylic acids is 3. The molecule has 8 heteroatoms. The smallest absolute Gasteiger partial charge is 0.323 e. The molecule has 2 heterocycles. The van der Waals surface area contributed by atoms with Crippen LogP contribution in [0.2, 0.25) is 0 Å². The first-order chi connectivity index (χ1) is 13.0. The molecule has 1 saturated heterocycles. The van der Waals surface area contributed by atoms with Crippen LogP contribution in [0.25, 0.3) is 10.2 Å². The first-order valence-corrected chi connectivity index (χ1v) is 10.2. The largest absolute Gasteiger partial charge is 0.325 e. The van der Waals surface area contributed by atoms with Crippen molar-refractivity contribution in [3.05, 3.63) is 24.3 Å². The van der Waals surface area contributed by atoms with Crippen molar-refractivity contribution in [3.63, 3.8) is 0 Å². The minimum Gasteiger partial charge on any atom is -0.323 e. The summed E-state index contributed by atoms with van der Waals surface area (Å²) >= 11 is 1.47. The number of thiazole rings is 1. The fourth-order valence-electron chi connectivity index (χ4n) is 3.93. The van der Waals surface area contributed by atoms with Gasteiger partial charge in [-0.1, -0.05) is 36.3 Å². The van der Waals surface area contributed by atoms with Crippen LogP contribution in [0.1, 0.15) is 39.0 Å². The van der Waals surface area contributed by atoms with Gasteiger partial charge in [0.15, 0.2) is 5.13 Å². The lowest BCUT2D eigenvalue weighted by molar-refractivity contribution is -0.131. The highest BCUT2D eigenvalue weighted by Crippen LogP contribution is 2.35. The number of nitrogens with zero attached hydrogens (tertiary/aromatic N) is 3. The van der Waals surface area contributed by atoms with Crippen LogP contribution in [-0.2, 0) is 9.59 Å². The highest BCUT2D eigenvalue weighted by Gasteiger charge is 2.52. The molecule has 1 saturated carbocycles. The Morgan fingerprint density at radius 2 is 2.04 bits per heavy atom. The van der Waals surface area contributed by atoms with E-state index >= 15 is 0 Å². The maximum atomic E-state index is 12.8. The van der Waals surface area contributed by atoms with Crippen molar-refractivity contribution in [2.24, 2.45) is 0 Å². The fraction of sp³-hybridized carbons (Fsp3) is 0.474. The molecule has 1 spiro atoms. The Morgan fingerprint density at radius 3 is 2.74 bits per heavy atom. The number of anilines is 1. The number of carbonyl (C=O) groups is 3. The lowest BCUT2D eigenvalue weighted by Crippen LogP contribution is -2.44. The maximum absolute atomic E-state index is 12.8. The molecule has 27 heavy (non-hydrogen) atoms. The molecule has 1 aliphatic heterocycles. The van der Waals surface area contributed by atoms with Crippen molar-refractivity contribution in [2.45, 2.75) is 44.6 Å². The number of fused-ring (bicyclic) bond motifs is 1. The van der Waals surface area contributed by atoms with Crippen molar-refractivity contribution in [2.75, 3.05) is 18.0 Å². The summed E-state index contributed by atoms with van der Waals surface area (Å²) < 4.78 is 1.02. The number of imide groups is 1. The Bertz CT molecular complexity index is 870. The Labute approximate surface area is 161 Å². The minimum atomic E-state index is -0.725. The molecule has 2 aromatic rings. The van der Waals surface area contributed by atoms with Crippen LogP contribution in [0.15, 0.2) is 24.3 Å². The van der Waals surface area contributed by atoms with Crippen LogP contribution >= 0.6 is 11.3 Å². The normalized spacial score (nSPS) is 18.5. The highest BCUT2D eigenvalue weighted by molar-refractivity contribution is 7.22. The molecule has 4 amide bonds. The quantitative estimate of drug-likeness (QED) is 0.801. The summed E-state index contributed by atoms with van der Waals surface area (Å²) in [6.07, 6.45) is 3.36. The zero-order chi connectivity index (χ0) is 19.0. The second-order valence-corrected chi connectivity index (χ2v) is 8.04. The molecular formula is C19H22N4O3S. The first kappa shape index (κ1) is 17.9. The van der Waals surface area contributed by atoms with Gasteiger partial charge in [-0.05, 0) is 31.9 Å². The van der Waals surface area contributed by atoms with Crippen LogP contribution < -0.4 is 10.2 Å². The predicted molar refractivity (Wildman–Crippen MR) is 104 cm³/mol. The van der Waals surface area contributed by atoms with Gasteiger partial charge in [-0.25, -0.2) is 9.78 Å². The number of aromatic nitrogens is 1. The van der Waals surface area contributed by atoms with Gasteiger partial charge in [0.2, 0.25) is 5.91 Å². The van der Waals surface area contributed by atoms with Gasteiger partial charge in [0, 0.05) is 19.5 Å². The fourth-order valence-corrected chi connectivity index (χ4v) is 4.98. The summed E-state index contributed by atoms with van der Waals surface area (Å²) in [6, 6.07) is 7.38. The van der Waals surface area contributed by atoms with E-state index in [-0.39, 0.29) is 30.8 Å². The average Bonchev–Trinajstić information content (AvgIpc) is 3.34. The second-order valence-electron chi connectivity index (χ2n) is 7.03. The number of para-hydroxylation sites is 1. The third-order valence-electron chi connectivity index (χ3n) is 5.38. The van der Waals surface area contributed by atoms with Crippen LogP contribution in [-0.4, -0.2) is 46.4 Å². The molecule has 1 aliphatic carbocycles. The number of hydrogen-bond donors (Lipinski definition) is 1. The summed E-state index contributed by atoms with van der Waals surface area (Å²) in [5, 5.41) is 3.49. The van der Waals surface area contributed by atoms with Crippen LogP contribution in [0.5, 0.6) is 0 Å². The van der Waals surface area contributed by atoms with Crippen LogP contribution in [0, 0.1) is 0 Å². The number of rotatable bonds is 5. The number of benzene rings is 1. The summed E-state index contributed by atoms with van der Waals surface area (Å²) in [7, 11) is 0. The molecule has 4 rings (SSSR count). The van der Waals surface area contributed by atoms with Gasteiger partial charge in [-0.2, -0.15) is 0 Å². The van der Waals surface area contributed by atoms with Crippen LogP contribution in [0.3, 0.4) is 0 Å². The molecule has 7 nitrogen and oxygen atoms in total. The average molecular weight is 386 g/mol. The highest BCUT2D eigenvalue weighted by atomic mass is 32.1. The molecule has 2 aliphatic rings. The van der Waals surface area contributed by atoms with E-state index in [0.29, 0.717) is 24.5 Å². The number of urea groups is 1. The van der Waals surface area contributed by atoms with Crippen molar-refractivity contribution in [1.29, 1.82) is 0 Å². The Kier molecular flexibility index (Phi) is 4.59. The zero-order valence-electron chi connectivity index (χ0n) is 15.2. The topological polar surface area (TPSA) is 82.6 Å². The van der Waals surface area contributed by atoms with E-state index < -0.39 is 5.54 Å². The van der Waals surface area contributed by atoms with Gasteiger partial charge in [0.1, 0.15) is 5.54 Å². The van der Waals surface area contributed by atoms with Gasteiger partial charge in [0.05, 0.1) is 10.2 Å². The summed E-state index contributed by atoms with van der Waals surface area (Å²) in [6.45, 7) is 2.49. The number of amides is 4. The molecule has 0 atom stereocenters. The molecule has 142 valence electrons. The van der Waals surface area contributed by atoms with Gasteiger partial charge < -0.3 is 5.32 Å². The molecule has 0 bridgehead atoms. The molecule has 1 aromatic heterocycles.